The van der Waals surface area contributed by atoms with Crippen LogP contribution in [0.4, 0.5) is 5.82 Å². The molecule has 1 aromatic rings. The van der Waals surface area contributed by atoms with Gasteiger partial charge in [0.2, 0.25) is 0 Å². The van der Waals surface area contributed by atoms with E-state index < -0.39 is 0 Å². The smallest absolute Gasteiger partial charge is 0.135 e. The summed E-state index contributed by atoms with van der Waals surface area (Å²) >= 11 is 0. The van der Waals surface area contributed by atoms with Gasteiger partial charge in [-0.25, -0.2) is 9.97 Å². The summed E-state index contributed by atoms with van der Waals surface area (Å²) in [6.45, 7) is 4.21. The molecule has 1 aliphatic carbocycles. The van der Waals surface area contributed by atoms with Crippen LogP contribution in [0.15, 0.2) is 0 Å². The van der Waals surface area contributed by atoms with Crippen LogP contribution in [-0.4, -0.2) is 23.1 Å². The average molecular weight is 205 g/mol. The number of fused-ring (bicyclic) bond motifs is 1. The SMILES string of the molecule is Cc1nc2c(c(C3CC3)n1)COCCN2. The minimum absolute atomic E-state index is 0.656. The van der Waals surface area contributed by atoms with E-state index in [4.69, 9.17) is 4.74 Å². The molecule has 1 fully saturated rings. The molecule has 80 valence electrons. The molecule has 2 heterocycles. The fourth-order valence-electron chi connectivity index (χ4n) is 2.02. The van der Waals surface area contributed by atoms with Gasteiger partial charge >= 0.3 is 0 Å². The summed E-state index contributed by atoms with van der Waals surface area (Å²) in [7, 11) is 0. The third-order valence-electron chi connectivity index (χ3n) is 2.90. The Hall–Kier alpha value is -1.16. The van der Waals surface area contributed by atoms with E-state index in [0.29, 0.717) is 12.5 Å². The highest BCUT2D eigenvalue weighted by molar-refractivity contribution is 5.48. The van der Waals surface area contributed by atoms with E-state index in [1.807, 2.05) is 6.92 Å². The summed E-state index contributed by atoms with van der Waals surface area (Å²) in [5.74, 6) is 2.51. The van der Waals surface area contributed by atoms with Crippen LogP contribution in [0.25, 0.3) is 0 Å². The monoisotopic (exact) mass is 205 g/mol. The molecular weight excluding hydrogens is 190 g/mol. The van der Waals surface area contributed by atoms with Crippen LogP contribution in [0.5, 0.6) is 0 Å². The Morgan fingerprint density at radius 3 is 3.00 bits per heavy atom. The Morgan fingerprint density at radius 1 is 1.33 bits per heavy atom. The second-order valence-electron chi connectivity index (χ2n) is 4.24. The summed E-state index contributed by atoms with van der Waals surface area (Å²) in [5.41, 5.74) is 2.40. The number of rotatable bonds is 1. The van der Waals surface area contributed by atoms with Crippen molar-refractivity contribution in [1.29, 1.82) is 0 Å². The quantitative estimate of drug-likeness (QED) is 0.756. The van der Waals surface area contributed by atoms with Gasteiger partial charge in [0.25, 0.3) is 0 Å². The topological polar surface area (TPSA) is 47.0 Å². The van der Waals surface area contributed by atoms with Gasteiger partial charge in [0.1, 0.15) is 11.6 Å². The Bertz CT molecular complexity index is 388. The van der Waals surface area contributed by atoms with E-state index in [0.717, 1.165) is 24.8 Å². The second kappa shape index (κ2) is 3.45. The van der Waals surface area contributed by atoms with Gasteiger partial charge in [-0.2, -0.15) is 0 Å². The summed E-state index contributed by atoms with van der Waals surface area (Å²) in [5, 5.41) is 3.31. The molecular formula is C11H15N3O. The zero-order valence-corrected chi connectivity index (χ0v) is 8.92. The van der Waals surface area contributed by atoms with Crippen molar-refractivity contribution in [1.82, 2.24) is 9.97 Å². The van der Waals surface area contributed by atoms with E-state index in [9.17, 15) is 0 Å². The molecule has 0 atom stereocenters. The summed E-state index contributed by atoms with van der Waals surface area (Å²) < 4.78 is 5.54. The lowest BCUT2D eigenvalue weighted by atomic mass is 10.1. The van der Waals surface area contributed by atoms with Crippen molar-refractivity contribution in [2.45, 2.75) is 32.3 Å². The van der Waals surface area contributed by atoms with Gasteiger partial charge in [-0.15, -0.1) is 0 Å². The number of nitrogens with zero attached hydrogens (tertiary/aromatic N) is 2. The van der Waals surface area contributed by atoms with Gasteiger partial charge in [-0.1, -0.05) is 0 Å². The molecule has 0 spiro atoms. The molecule has 0 unspecified atom stereocenters. The van der Waals surface area contributed by atoms with Crippen LogP contribution in [0.1, 0.15) is 35.8 Å². The number of hydrogen-bond donors (Lipinski definition) is 1. The van der Waals surface area contributed by atoms with Crippen molar-refractivity contribution in [2.75, 3.05) is 18.5 Å². The van der Waals surface area contributed by atoms with Crippen LogP contribution in [-0.2, 0) is 11.3 Å². The van der Waals surface area contributed by atoms with Crippen LogP contribution >= 0.6 is 0 Å². The first kappa shape index (κ1) is 9.09. The minimum atomic E-state index is 0.656. The minimum Gasteiger partial charge on any atom is -0.375 e. The fourth-order valence-corrected chi connectivity index (χ4v) is 2.02. The third-order valence-corrected chi connectivity index (χ3v) is 2.90. The number of hydrogen-bond acceptors (Lipinski definition) is 4. The predicted molar refractivity (Wildman–Crippen MR) is 56.9 cm³/mol. The largest absolute Gasteiger partial charge is 0.375 e. The normalized spacial score (nSPS) is 20.3. The predicted octanol–water partition coefficient (Wildman–Crippen LogP) is 1.60. The van der Waals surface area contributed by atoms with Crippen LogP contribution in [0.3, 0.4) is 0 Å². The molecule has 1 aromatic heterocycles. The van der Waals surface area contributed by atoms with Gasteiger partial charge in [0, 0.05) is 18.0 Å². The van der Waals surface area contributed by atoms with Gasteiger partial charge in [0.15, 0.2) is 0 Å². The van der Waals surface area contributed by atoms with Crippen LogP contribution in [0, 0.1) is 6.92 Å². The molecule has 0 amide bonds. The number of ether oxygens (including phenoxy) is 1. The Balaban J connectivity index is 2.08. The maximum atomic E-state index is 5.54. The molecule has 1 aliphatic heterocycles. The molecule has 0 bridgehead atoms. The maximum absolute atomic E-state index is 5.54. The summed E-state index contributed by atoms with van der Waals surface area (Å²) in [6, 6.07) is 0. The van der Waals surface area contributed by atoms with E-state index >= 15 is 0 Å². The van der Waals surface area contributed by atoms with Crippen LogP contribution < -0.4 is 5.32 Å². The lowest BCUT2D eigenvalue weighted by Crippen LogP contribution is -2.08. The Labute approximate surface area is 89.1 Å². The maximum Gasteiger partial charge on any atom is 0.135 e. The van der Waals surface area contributed by atoms with Crippen molar-refractivity contribution in [3.8, 4) is 0 Å². The summed E-state index contributed by atoms with van der Waals surface area (Å²) in [6.07, 6.45) is 2.53. The Morgan fingerprint density at radius 2 is 2.20 bits per heavy atom. The molecule has 0 aromatic carbocycles. The first-order valence-corrected chi connectivity index (χ1v) is 5.53. The van der Waals surface area contributed by atoms with Gasteiger partial charge < -0.3 is 10.1 Å². The average Bonchev–Trinajstić information content (AvgIpc) is 3.03. The number of anilines is 1. The van der Waals surface area contributed by atoms with Gasteiger partial charge in [0.05, 0.1) is 18.9 Å². The molecule has 0 saturated heterocycles. The van der Waals surface area contributed by atoms with E-state index in [1.54, 1.807) is 0 Å². The fraction of sp³-hybridized carbons (Fsp3) is 0.636. The molecule has 3 rings (SSSR count). The highest BCUT2D eigenvalue weighted by Crippen LogP contribution is 2.42. The van der Waals surface area contributed by atoms with Crippen molar-refractivity contribution in [3.05, 3.63) is 17.1 Å². The number of aromatic nitrogens is 2. The van der Waals surface area contributed by atoms with E-state index in [2.05, 4.69) is 15.3 Å². The number of nitrogens with one attached hydrogen (secondary N) is 1. The molecule has 1 saturated carbocycles. The molecule has 4 heteroatoms. The zero-order chi connectivity index (χ0) is 10.3. The van der Waals surface area contributed by atoms with Crippen molar-refractivity contribution in [3.63, 3.8) is 0 Å². The first-order chi connectivity index (χ1) is 7.34. The van der Waals surface area contributed by atoms with Crippen molar-refractivity contribution < 1.29 is 4.74 Å². The van der Waals surface area contributed by atoms with Gasteiger partial charge in [-0.05, 0) is 19.8 Å². The van der Waals surface area contributed by atoms with Gasteiger partial charge in [-0.3, -0.25) is 0 Å². The number of aryl methyl sites for hydroxylation is 1. The standard InChI is InChI=1S/C11H15N3O/c1-7-13-10(8-2-3-8)9-6-15-5-4-12-11(9)14-7/h8H,2-6H2,1H3,(H,12,13,14). The Kier molecular flexibility index (Phi) is 2.09. The molecule has 1 N–H and O–H groups in total. The zero-order valence-electron chi connectivity index (χ0n) is 8.92. The van der Waals surface area contributed by atoms with E-state index in [1.165, 1.54) is 24.1 Å². The van der Waals surface area contributed by atoms with E-state index in [-0.39, 0.29) is 0 Å². The highest BCUT2D eigenvalue weighted by Gasteiger charge is 2.30. The third kappa shape index (κ3) is 1.69. The second-order valence-corrected chi connectivity index (χ2v) is 4.24. The summed E-state index contributed by atoms with van der Waals surface area (Å²) in [4.78, 5) is 9.00. The molecule has 0 radical (unpaired) electrons. The van der Waals surface area contributed by atoms with Crippen molar-refractivity contribution >= 4 is 5.82 Å². The lowest BCUT2D eigenvalue weighted by Gasteiger charge is -2.11. The molecule has 2 aliphatic rings. The van der Waals surface area contributed by atoms with Crippen LogP contribution in [0.2, 0.25) is 0 Å². The highest BCUT2D eigenvalue weighted by atomic mass is 16.5. The lowest BCUT2D eigenvalue weighted by molar-refractivity contribution is 0.134. The van der Waals surface area contributed by atoms with Crippen molar-refractivity contribution in [2.24, 2.45) is 0 Å². The molecule has 4 nitrogen and oxygen atoms in total. The molecule has 15 heavy (non-hydrogen) atoms. The first-order valence-electron chi connectivity index (χ1n) is 5.53.